The number of nitrogens with one attached hydrogen (secondary N) is 2. The number of thioether (sulfide) groups is 1. The van der Waals surface area contributed by atoms with Crippen molar-refractivity contribution < 1.29 is 14.3 Å². The summed E-state index contributed by atoms with van der Waals surface area (Å²) in [7, 11) is 1.47. The van der Waals surface area contributed by atoms with E-state index in [1.807, 2.05) is 13.8 Å². The van der Waals surface area contributed by atoms with E-state index in [4.69, 9.17) is 4.74 Å². The molecule has 2 rings (SSSR count). The highest BCUT2D eigenvalue weighted by Crippen LogP contribution is 2.26. The van der Waals surface area contributed by atoms with Crippen molar-refractivity contribution in [2.24, 2.45) is 0 Å². The zero-order valence-electron chi connectivity index (χ0n) is 13.9. The first kappa shape index (κ1) is 18.5. The number of aromatic amines is 1. The molecule has 9 heteroatoms. The Bertz CT molecular complexity index is 828. The van der Waals surface area contributed by atoms with E-state index in [1.165, 1.54) is 30.1 Å². The summed E-state index contributed by atoms with van der Waals surface area (Å²) in [5.74, 6) is 0.0530. The summed E-state index contributed by atoms with van der Waals surface area (Å²) in [6, 6.07) is 0. The lowest BCUT2D eigenvalue weighted by molar-refractivity contribution is -0.147. The molecule has 0 unspecified atom stereocenters. The van der Waals surface area contributed by atoms with Crippen LogP contribution < -0.4 is 10.9 Å². The van der Waals surface area contributed by atoms with E-state index in [9.17, 15) is 14.4 Å². The molecule has 0 saturated heterocycles. The predicted molar refractivity (Wildman–Crippen MR) is 95.5 cm³/mol. The number of carbonyl (C=O) groups is 2. The minimum atomic E-state index is -0.477. The van der Waals surface area contributed by atoms with Crippen molar-refractivity contribution in [2.75, 3.05) is 13.7 Å². The zero-order chi connectivity index (χ0) is 17.9. The van der Waals surface area contributed by atoms with Crippen molar-refractivity contribution in [3.8, 4) is 0 Å². The van der Waals surface area contributed by atoms with E-state index in [1.54, 1.807) is 6.92 Å². The smallest absolute Gasteiger partial charge is 0.319 e. The number of rotatable bonds is 6. The molecule has 2 N–H and O–H groups in total. The highest BCUT2D eigenvalue weighted by molar-refractivity contribution is 7.99. The summed E-state index contributed by atoms with van der Waals surface area (Å²) in [5, 5.41) is 2.53. The van der Waals surface area contributed by atoms with Crippen LogP contribution in [0.2, 0.25) is 0 Å². The average Bonchev–Trinajstić information content (AvgIpc) is 2.84. The molecule has 2 heterocycles. The first-order valence-corrected chi connectivity index (χ1v) is 9.17. The molecular weight excluding hydrogens is 350 g/mol. The summed E-state index contributed by atoms with van der Waals surface area (Å²) < 4.78 is 4.90. The first-order chi connectivity index (χ1) is 11.3. The second-order valence-corrected chi connectivity index (χ2v) is 7.74. The standard InChI is InChI=1S/C15H19N3O4S2/c1-7-8(2)24-14-12(7)13(20)17-10(18-14)6-23-9(3)15(21)22-5-11(19)16-4/h9H,5-6H2,1-4H3,(H,16,19)(H,17,18,20)/t9-/m1/s1. The number of hydrogen-bond donors (Lipinski definition) is 2. The quantitative estimate of drug-likeness (QED) is 0.749. The zero-order valence-corrected chi connectivity index (χ0v) is 15.5. The molecule has 0 aliphatic rings. The lowest BCUT2D eigenvalue weighted by atomic mass is 10.2. The van der Waals surface area contributed by atoms with E-state index < -0.39 is 11.2 Å². The molecule has 1 atom stereocenters. The van der Waals surface area contributed by atoms with Crippen LogP contribution >= 0.6 is 23.1 Å². The number of aromatic nitrogens is 2. The number of amides is 1. The summed E-state index contributed by atoms with van der Waals surface area (Å²) in [4.78, 5) is 44.1. The van der Waals surface area contributed by atoms with E-state index >= 15 is 0 Å². The molecule has 24 heavy (non-hydrogen) atoms. The minimum absolute atomic E-state index is 0.160. The maximum atomic E-state index is 12.2. The molecule has 1 amide bonds. The number of hydrogen-bond acceptors (Lipinski definition) is 7. The number of H-pyrrole nitrogens is 1. The molecule has 0 fully saturated rings. The lowest BCUT2D eigenvalue weighted by Crippen LogP contribution is -2.27. The number of aryl methyl sites for hydroxylation is 2. The molecule has 0 aromatic carbocycles. The second-order valence-electron chi connectivity index (χ2n) is 5.21. The van der Waals surface area contributed by atoms with Crippen molar-refractivity contribution in [1.29, 1.82) is 0 Å². The minimum Gasteiger partial charge on any atom is -0.455 e. The van der Waals surface area contributed by atoms with Gasteiger partial charge in [0.2, 0.25) is 0 Å². The molecule has 0 aliphatic carbocycles. The van der Waals surface area contributed by atoms with Crippen LogP contribution in [0.25, 0.3) is 10.2 Å². The Morgan fingerprint density at radius 2 is 2.12 bits per heavy atom. The Hall–Kier alpha value is -1.87. The Morgan fingerprint density at radius 1 is 1.42 bits per heavy atom. The number of likely N-dealkylation sites (N-methyl/N-ethyl adjacent to an activating group) is 1. The number of fused-ring (bicyclic) bond motifs is 1. The van der Waals surface area contributed by atoms with Gasteiger partial charge in [-0.1, -0.05) is 0 Å². The van der Waals surface area contributed by atoms with Gasteiger partial charge in [0.15, 0.2) is 6.61 Å². The van der Waals surface area contributed by atoms with Gasteiger partial charge in [-0.3, -0.25) is 14.4 Å². The van der Waals surface area contributed by atoms with Crippen LogP contribution in [0.5, 0.6) is 0 Å². The fourth-order valence-electron chi connectivity index (χ4n) is 1.97. The van der Waals surface area contributed by atoms with Gasteiger partial charge in [-0.25, -0.2) is 4.98 Å². The maximum absolute atomic E-state index is 12.2. The van der Waals surface area contributed by atoms with Crippen molar-refractivity contribution in [3.05, 3.63) is 26.6 Å². The van der Waals surface area contributed by atoms with Gasteiger partial charge < -0.3 is 15.0 Å². The van der Waals surface area contributed by atoms with E-state index in [2.05, 4.69) is 15.3 Å². The molecule has 2 aromatic rings. The van der Waals surface area contributed by atoms with Crippen molar-refractivity contribution >= 4 is 45.2 Å². The normalized spacial score (nSPS) is 12.2. The summed E-state index contributed by atoms with van der Waals surface area (Å²) >= 11 is 2.78. The van der Waals surface area contributed by atoms with Gasteiger partial charge in [0.25, 0.3) is 11.5 Å². The first-order valence-electron chi connectivity index (χ1n) is 7.31. The van der Waals surface area contributed by atoms with E-state index in [-0.39, 0.29) is 18.1 Å². The number of nitrogens with zero attached hydrogens (tertiary/aromatic N) is 1. The molecule has 0 aliphatic heterocycles. The fourth-order valence-corrected chi connectivity index (χ4v) is 3.76. The van der Waals surface area contributed by atoms with Crippen molar-refractivity contribution in [2.45, 2.75) is 31.8 Å². The van der Waals surface area contributed by atoms with Crippen molar-refractivity contribution in [1.82, 2.24) is 15.3 Å². The number of esters is 1. The second kappa shape index (κ2) is 7.80. The van der Waals surface area contributed by atoms with E-state index in [0.717, 1.165) is 10.4 Å². The van der Waals surface area contributed by atoms with Crippen LogP contribution in [0.3, 0.4) is 0 Å². The molecule has 0 spiro atoms. The topological polar surface area (TPSA) is 101 Å². The molecule has 0 bridgehead atoms. The molecule has 7 nitrogen and oxygen atoms in total. The Morgan fingerprint density at radius 3 is 2.79 bits per heavy atom. The Kier molecular flexibility index (Phi) is 6.00. The number of carbonyl (C=O) groups excluding carboxylic acids is 2. The highest BCUT2D eigenvalue weighted by atomic mass is 32.2. The average molecular weight is 369 g/mol. The third-order valence-electron chi connectivity index (χ3n) is 3.51. The third kappa shape index (κ3) is 4.15. The molecule has 2 aromatic heterocycles. The molecule has 0 radical (unpaired) electrons. The maximum Gasteiger partial charge on any atom is 0.319 e. The summed E-state index contributed by atoms with van der Waals surface area (Å²) in [6.07, 6.45) is 0. The Balaban J connectivity index is 2.01. The van der Waals surface area contributed by atoms with Gasteiger partial charge in [0, 0.05) is 11.9 Å². The van der Waals surface area contributed by atoms with Crippen LogP contribution in [0.4, 0.5) is 0 Å². The number of thiophene rings is 1. The van der Waals surface area contributed by atoms with Gasteiger partial charge in [-0.05, 0) is 26.3 Å². The molecule has 130 valence electrons. The van der Waals surface area contributed by atoms with Gasteiger partial charge in [0.1, 0.15) is 15.9 Å². The summed E-state index contributed by atoms with van der Waals surface area (Å²) in [6.45, 7) is 5.26. The summed E-state index contributed by atoms with van der Waals surface area (Å²) in [5.41, 5.74) is 0.793. The Labute approximate surface area is 147 Å². The van der Waals surface area contributed by atoms with Crippen LogP contribution in [0, 0.1) is 13.8 Å². The van der Waals surface area contributed by atoms with Crippen LogP contribution in [0.15, 0.2) is 4.79 Å². The fraction of sp³-hybridized carbons (Fsp3) is 0.467. The molecular formula is C15H19N3O4S2. The van der Waals surface area contributed by atoms with E-state index in [0.29, 0.717) is 21.8 Å². The van der Waals surface area contributed by atoms with Crippen LogP contribution in [-0.2, 0) is 20.1 Å². The lowest BCUT2D eigenvalue weighted by Gasteiger charge is -2.10. The van der Waals surface area contributed by atoms with Gasteiger partial charge >= 0.3 is 5.97 Å². The monoisotopic (exact) mass is 369 g/mol. The highest BCUT2D eigenvalue weighted by Gasteiger charge is 2.18. The molecule has 0 saturated carbocycles. The van der Waals surface area contributed by atoms with Gasteiger partial charge in [-0.15, -0.1) is 23.1 Å². The van der Waals surface area contributed by atoms with Gasteiger partial charge in [0.05, 0.1) is 11.1 Å². The van der Waals surface area contributed by atoms with Gasteiger partial charge in [-0.2, -0.15) is 0 Å². The largest absolute Gasteiger partial charge is 0.455 e. The SMILES string of the molecule is CNC(=O)COC(=O)[C@@H](C)SCc1nc2sc(C)c(C)c2c(=O)[nH]1. The third-order valence-corrected chi connectivity index (χ3v) is 5.75. The van der Waals surface area contributed by atoms with Crippen molar-refractivity contribution in [3.63, 3.8) is 0 Å². The van der Waals surface area contributed by atoms with Crippen LogP contribution in [-0.4, -0.2) is 40.7 Å². The van der Waals surface area contributed by atoms with Crippen LogP contribution in [0.1, 0.15) is 23.2 Å². The predicted octanol–water partition coefficient (Wildman–Crippen LogP) is 1.51. The number of ether oxygens (including phenoxy) is 1.